The minimum absolute atomic E-state index is 0.0809. The molecule has 2 aliphatic heterocycles. The van der Waals surface area contributed by atoms with Crippen molar-refractivity contribution in [1.29, 1.82) is 0 Å². The molecule has 0 bridgehead atoms. The van der Waals surface area contributed by atoms with Crippen molar-refractivity contribution < 1.29 is 9.90 Å². The highest BCUT2D eigenvalue weighted by molar-refractivity contribution is 5.81. The number of para-hydroxylation sites is 1. The molecular formula is C19H29N3O2. The van der Waals surface area contributed by atoms with Crippen LogP contribution in [0, 0.1) is 5.92 Å². The lowest BCUT2D eigenvalue weighted by atomic mass is 9.97. The number of carbonyl (C=O) groups excluding carboxylic acids is 1. The van der Waals surface area contributed by atoms with Crippen LogP contribution in [0.1, 0.15) is 19.8 Å². The first-order chi connectivity index (χ1) is 11.7. The van der Waals surface area contributed by atoms with E-state index in [4.69, 9.17) is 0 Å². The Morgan fingerprint density at radius 2 is 1.88 bits per heavy atom. The second-order valence-electron chi connectivity index (χ2n) is 7.01. The predicted octanol–water partition coefficient (Wildman–Crippen LogP) is 1.43. The third-order valence-electron chi connectivity index (χ3n) is 5.43. The molecule has 2 saturated heterocycles. The van der Waals surface area contributed by atoms with Gasteiger partial charge in [-0.1, -0.05) is 18.2 Å². The first kappa shape index (κ1) is 17.2. The molecule has 5 nitrogen and oxygen atoms in total. The van der Waals surface area contributed by atoms with Gasteiger partial charge in [-0.05, 0) is 44.4 Å². The maximum Gasteiger partial charge on any atom is 0.239 e. The Morgan fingerprint density at radius 1 is 1.17 bits per heavy atom. The molecule has 0 saturated carbocycles. The molecule has 2 aliphatic rings. The van der Waals surface area contributed by atoms with E-state index in [1.54, 1.807) is 0 Å². The summed E-state index contributed by atoms with van der Waals surface area (Å²) in [6.07, 6.45) is 2.15. The van der Waals surface area contributed by atoms with Gasteiger partial charge in [0.05, 0.1) is 6.04 Å². The molecule has 2 fully saturated rings. The van der Waals surface area contributed by atoms with Crippen LogP contribution in [0.25, 0.3) is 0 Å². The lowest BCUT2D eigenvalue weighted by molar-refractivity contribution is -0.137. The number of rotatable bonds is 4. The zero-order chi connectivity index (χ0) is 16.9. The van der Waals surface area contributed by atoms with Gasteiger partial charge in [0.1, 0.15) is 0 Å². The predicted molar refractivity (Wildman–Crippen MR) is 96.1 cm³/mol. The number of benzene rings is 1. The molecule has 5 heteroatoms. The number of hydrogen-bond acceptors (Lipinski definition) is 4. The van der Waals surface area contributed by atoms with Crippen LogP contribution in [-0.4, -0.2) is 72.7 Å². The third-order valence-corrected chi connectivity index (χ3v) is 5.43. The smallest absolute Gasteiger partial charge is 0.239 e. The van der Waals surface area contributed by atoms with Gasteiger partial charge < -0.3 is 14.9 Å². The van der Waals surface area contributed by atoms with Crippen molar-refractivity contribution in [2.45, 2.75) is 25.8 Å². The molecular weight excluding hydrogens is 302 g/mol. The highest BCUT2D eigenvalue weighted by Crippen LogP contribution is 2.20. The van der Waals surface area contributed by atoms with Crippen LogP contribution in [0.5, 0.6) is 0 Å². The molecule has 2 heterocycles. The van der Waals surface area contributed by atoms with E-state index < -0.39 is 0 Å². The summed E-state index contributed by atoms with van der Waals surface area (Å²) in [7, 11) is 0. The average Bonchev–Trinajstić information content (AvgIpc) is 2.67. The summed E-state index contributed by atoms with van der Waals surface area (Å²) < 4.78 is 0. The van der Waals surface area contributed by atoms with E-state index in [0.29, 0.717) is 5.92 Å². The minimum Gasteiger partial charge on any atom is -0.396 e. The first-order valence-corrected chi connectivity index (χ1v) is 9.12. The van der Waals surface area contributed by atoms with Crippen LogP contribution >= 0.6 is 0 Å². The van der Waals surface area contributed by atoms with Gasteiger partial charge in [-0.15, -0.1) is 0 Å². The molecule has 1 amide bonds. The van der Waals surface area contributed by atoms with Crippen molar-refractivity contribution in [1.82, 2.24) is 9.80 Å². The minimum atomic E-state index is -0.0809. The van der Waals surface area contributed by atoms with Gasteiger partial charge >= 0.3 is 0 Å². The Hall–Kier alpha value is -1.59. The molecule has 24 heavy (non-hydrogen) atoms. The summed E-state index contributed by atoms with van der Waals surface area (Å²) in [5.41, 5.74) is 1.24. The van der Waals surface area contributed by atoms with E-state index in [1.165, 1.54) is 5.69 Å². The molecule has 132 valence electrons. The molecule has 2 atom stereocenters. The fourth-order valence-electron chi connectivity index (χ4n) is 3.84. The van der Waals surface area contributed by atoms with Crippen molar-refractivity contribution in [3.05, 3.63) is 30.3 Å². The standard InChI is InChI=1S/C19H29N3O2/c1-16(22-9-5-6-17(14-22)15-23)19(24)21-12-10-20(11-13-21)18-7-3-2-4-8-18/h2-4,7-8,16-17,23H,5-6,9-15H2,1H3. The molecule has 0 spiro atoms. The molecule has 3 rings (SSSR count). The fourth-order valence-corrected chi connectivity index (χ4v) is 3.84. The summed E-state index contributed by atoms with van der Waals surface area (Å²) >= 11 is 0. The zero-order valence-electron chi connectivity index (χ0n) is 14.6. The van der Waals surface area contributed by atoms with Crippen LogP contribution < -0.4 is 4.90 Å². The topological polar surface area (TPSA) is 47.0 Å². The number of aliphatic hydroxyl groups excluding tert-OH is 1. The van der Waals surface area contributed by atoms with Crippen molar-refractivity contribution in [2.75, 3.05) is 50.8 Å². The molecule has 1 aromatic rings. The lowest BCUT2D eigenvalue weighted by Gasteiger charge is -2.40. The van der Waals surface area contributed by atoms with Gasteiger partial charge in [-0.2, -0.15) is 0 Å². The highest BCUT2D eigenvalue weighted by Gasteiger charge is 2.31. The summed E-state index contributed by atoms with van der Waals surface area (Å²) in [6.45, 7) is 7.41. The molecule has 0 radical (unpaired) electrons. The number of aliphatic hydroxyl groups is 1. The van der Waals surface area contributed by atoms with Crippen molar-refractivity contribution in [2.24, 2.45) is 5.92 Å². The van der Waals surface area contributed by atoms with Crippen LogP contribution in [0.2, 0.25) is 0 Å². The Morgan fingerprint density at radius 3 is 2.54 bits per heavy atom. The van der Waals surface area contributed by atoms with Crippen LogP contribution in [0.15, 0.2) is 30.3 Å². The zero-order valence-corrected chi connectivity index (χ0v) is 14.6. The quantitative estimate of drug-likeness (QED) is 0.907. The van der Waals surface area contributed by atoms with Gasteiger partial charge in [-0.25, -0.2) is 0 Å². The number of anilines is 1. The van der Waals surface area contributed by atoms with Gasteiger partial charge in [0.2, 0.25) is 5.91 Å². The second-order valence-corrected chi connectivity index (χ2v) is 7.01. The number of nitrogens with zero attached hydrogens (tertiary/aromatic N) is 3. The van der Waals surface area contributed by atoms with E-state index in [9.17, 15) is 9.90 Å². The van der Waals surface area contributed by atoms with E-state index in [0.717, 1.165) is 52.1 Å². The first-order valence-electron chi connectivity index (χ1n) is 9.12. The number of amides is 1. The fraction of sp³-hybridized carbons (Fsp3) is 0.632. The van der Waals surface area contributed by atoms with Crippen molar-refractivity contribution in [3.63, 3.8) is 0 Å². The summed E-state index contributed by atoms with van der Waals surface area (Å²) in [5.74, 6) is 0.560. The van der Waals surface area contributed by atoms with Gasteiger partial charge in [-0.3, -0.25) is 9.69 Å². The molecule has 1 N–H and O–H groups in total. The molecule has 2 unspecified atom stereocenters. The Labute approximate surface area is 144 Å². The van der Waals surface area contributed by atoms with Crippen molar-refractivity contribution in [3.8, 4) is 0 Å². The Bertz CT molecular complexity index is 529. The summed E-state index contributed by atoms with van der Waals surface area (Å²) in [4.78, 5) is 19.4. The number of piperazine rings is 1. The van der Waals surface area contributed by atoms with Crippen LogP contribution in [-0.2, 0) is 4.79 Å². The van der Waals surface area contributed by atoms with Crippen LogP contribution in [0.4, 0.5) is 5.69 Å². The average molecular weight is 331 g/mol. The lowest BCUT2D eigenvalue weighted by Crippen LogP contribution is -2.55. The van der Waals surface area contributed by atoms with E-state index in [1.807, 2.05) is 17.9 Å². The van der Waals surface area contributed by atoms with E-state index in [2.05, 4.69) is 34.1 Å². The maximum absolute atomic E-state index is 12.8. The van der Waals surface area contributed by atoms with Crippen molar-refractivity contribution >= 4 is 11.6 Å². The third kappa shape index (κ3) is 3.90. The molecule has 0 aliphatic carbocycles. The normalized spacial score (nSPS) is 24.0. The molecule has 1 aromatic carbocycles. The van der Waals surface area contributed by atoms with Gasteiger partial charge in [0.25, 0.3) is 0 Å². The summed E-state index contributed by atoms with van der Waals surface area (Å²) in [6, 6.07) is 10.3. The monoisotopic (exact) mass is 331 g/mol. The number of piperidine rings is 1. The number of hydrogen-bond donors (Lipinski definition) is 1. The van der Waals surface area contributed by atoms with Crippen LogP contribution in [0.3, 0.4) is 0 Å². The number of likely N-dealkylation sites (tertiary alicyclic amines) is 1. The van der Waals surface area contributed by atoms with E-state index in [-0.39, 0.29) is 18.6 Å². The Balaban J connectivity index is 1.53. The van der Waals surface area contributed by atoms with Gasteiger partial charge in [0, 0.05) is 45.0 Å². The van der Waals surface area contributed by atoms with E-state index >= 15 is 0 Å². The van der Waals surface area contributed by atoms with Gasteiger partial charge in [0.15, 0.2) is 0 Å². The second kappa shape index (κ2) is 7.99. The summed E-state index contributed by atoms with van der Waals surface area (Å²) in [5, 5.41) is 9.39. The molecule has 0 aromatic heterocycles. The number of carbonyl (C=O) groups is 1. The Kier molecular flexibility index (Phi) is 5.74. The largest absolute Gasteiger partial charge is 0.396 e. The highest BCUT2D eigenvalue weighted by atomic mass is 16.3. The SMILES string of the molecule is CC(C(=O)N1CCN(c2ccccc2)CC1)N1CCCC(CO)C1. The maximum atomic E-state index is 12.8.